The SMILES string of the molecule is CCOc1ccc(/C=C/C(=O)NC2CCOc3ccc(Cl)cc32)cc1OC. The van der Waals surface area contributed by atoms with Gasteiger partial charge in [0.25, 0.3) is 0 Å². The average Bonchev–Trinajstić information content (AvgIpc) is 2.68. The van der Waals surface area contributed by atoms with Crippen LogP contribution < -0.4 is 19.5 Å². The van der Waals surface area contributed by atoms with E-state index < -0.39 is 0 Å². The summed E-state index contributed by atoms with van der Waals surface area (Å²) in [6, 6.07) is 10.9. The van der Waals surface area contributed by atoms with Gasteiger partial charge in [-0.25, -0.2) is 0 Å². The summed E-state index contributed by atoms with van der Waals surface area (Å²) in [7, 11) is 1.59. The lowest BCUT2D eigenvalue weighted by atomic mass is 10.0. The van der Waals surface area contributed by atoms with Gasteiger partial charge in [-0.3, -0.25) is 4.79 Å². The molecule has 1 unspecified atom stereocenters. The minimum atomic E-state index is -0.180. The highest BCUT2D eigenvalue weighted by molar-refractivity contribution is 6.30. The molecule has 3 rings (SSSR count). The third kappa shape index (κ3) is 4.74. The minimum absolute atomic E-state index is 0.125. The number of methoxy groups -OCH3 is 1. The van der Waals surface area contributed by atoms with Crippen molar-refractivity contribution in [3.05, 3.63) is 58.6 Å². The van der Waals surface area contributed by atoms with Crippen LogP contribution in [0.15, 0.2) is 42.5 Å². The zero-order chi connectivity index (χ0) is 19.2. The fourth-order valence-electron chi connectivity index (χ4n) is 2.97. The van der Waals surface area contributed by atoms with Crippen LogP contribution in [0.3, 0.4) is 0 Å². The van der Waals surface area contributed by atoms with Crippen LogP contribution in [0.4, 0.5) is 0 Å². The van der Waals surface area contributed by atoms with E-state index in [-0.39, 0.29) is 11.9 Å². The fraction of sp³-hybridized carbons (Fsp3) is 0.286. The van der Waals surface area contributed by atoms with Gasteiger partial charge in [0.05, 0.1) is 26.4 Å². The lowest BCUT2D eigenvalue weighted by Gasteiger charge is -2.26. The van der Waals surface area contributed by atoms with Crippen LogP contribution >= 0.6 is 11.6 Å². The van der Waals surface area contributed by atoms with Crippen molar-refractivity contribution in [3.8, 4) is 17.2 Å². The number of carbonyl (C=O) groups is 1. The first-order valence-electron chi connectivity index (χ1n) is 8.82. The van der Waals surface area contributed by atoms with Gasteiger partial charge < -0.3 is 19.5 Å². The van der Waals surface area contributed by atoms with Crippen molar-refractivity contribution in [2.24, 2.45) is 0 Å². The van der Waals surface area contributed by atoms with Crippen molar-refractivity contribution in [1.29, 1.82) is 0 Å². The third-order valence-corrected chi connectivity index (χ3v) is 4.48. The standard InChI is InChI=1S/C21H22ClNO4/c1-3-26-19-7-4-14(12-20(19)25-2)5-9-21(24)23-17-10-11-27-18-8-6-15(22)13-16(17)18/h4-9,12-13,17H,3,10-11H2,1-2H3,(H,23,24)/b9-5+. The van der Waals surface area contributed by atoms with E-state index in [4.69, 9.17) is 25.8 Å². The Morgan fingerprint density at radius 3 is 2.93 bits per heavy atom. The lowest BCUT2D eigenvalue weighted by molar-refractivity contribution is -0.117. The van der Waals surface area contributed by atoms with Gasteiger partial charge >= 0.3 is 0 Å². The highest BCUT2D eigenvalue weighted by atomic mass is 35.5. The highest BCUT2D eigenvalue weighted by Gasteiger charge is 2.22. The van der Waals surface area contributed by atoms with Crippen molar-refractivity contribution in [3.63, 3.8) is 0 Å². The molecule has 5 nitrogen and oxygen atoms in total. The molecule has 27 heavy (non-hydrogen) atoms. The topological polar surface area (TPSA) is 56.8 Å². The number of carbonyl (C=O) groups excluding carboxylic acids is 1. The molecule has 0 radical (unpaired) electrons. The van der Waals surface area contributed by atoms with Crippen LogP contribution in [-0.4, -0.2) is 26.2 Å². The van der Waals surface area contributed by atoms with Crippen LogP contribution in [-0.2, 0) is 4.79 Å². The molecule has 0 fully saturated rings. The van der Waals surface area contributed by atoms with Crippen molar-refractivity contribution < 1.29 is 19.0 Å². The zero-order valence-corrected chi connectivity index (χ0v) is 16.1. The molecule has 2 aromatic carbocycles. The van der Waals surface area contributed by atoms with E-state index in [1.165, 1.54) is 6.08 Å². The Bertz CT molecular complexity index is 850. The molecule has 0 saturated carbocycles. The maximum Gasteiger partial charge on any atom is 0.244 e. The highest BCUT2D eigenvalue weighted by Crippen LogP contribution is 2.34. The molecule has 0 saturated heterocycles. The summed E-state index contributed by atoms with van der Waals surface area (Å²) < 4.78 is 16.5. The molecule has 6 heteroatoms. The molecule has 0 aliphatic carbocycles. The van der Waals surface area contributed by atoms with Crippen molar-refractivity contribution in [2.75, 3.05) is 20.3 Å². The molecule has 0 spiro atoms. The summed E-state index contributed by atoms with van der Waals surface area (Å²) in [6.45, 7) is 3.03. The smallest absolute Gasteiger partial charge is 0.244 e. The number of fused-ring (bicyclic) bond motifs is 1. The predicted molar refractivity (Wildman–Crippen MR) is 106 cm³/mol. The van der Waals surface area contributed by atoms with Crippen LogP contribution in [0.1, 0.15) is 30.5 Å². The maximum atomic E-state index is 12.4. The molecule has 142 valence electrons. The molecule has 1 heterocycles. The van der Waals surface area contributed by atoms with Gasteiger partial charge in [0.15, 0.2) is 11.5 Å². The number of halogens is 1. The Kier molecular flexibility index (Phi) is 6.24. The first kappa shape index (κ1) is 19.1. The number of amides is 1. The summed E-state index contributed by atoms with van der Waals surface area (Å²) in [5.41, 5.74) is 1.75. The molecular weight excluding hydrogens is 366 g/mol. The van der Waals surface area contributed by atoms with E-state index in [0.29, 0.717) is 36.2 Å². The second kappa shape index (κ2) is 8.82. The summed E-state index contributed by atoms with van der Waals surface area (Å²) in [6.07, 6.45) is 3.95. The minimum Gasteiger partial charge on any atom is -0.493 e. The molecule has 1 atom stereocenters. The normalized spacial score (nSPS) is 15.7. The van der Waals surface area contributed by atoms with Crippen molar-refractivity contribution >= 4 is 23.6 Å². The van der Waals surface area contributed by atoms with E-state index in [9.17, 15) is 4.79 Å². The van der Waals surface area contributed by atoms with Gasteiger partial charge in [-0.2, -0.15) is 0 Å². The molecular formula is C21H22ClNO4. The molecule has 1 aliphatic heterocycles. The second-order valence-electron chi connectivity index (χ2n) is 6.06. The monoisotopic (exact) mass is 387 g/mol. The van der Waals surface area contributed by atoms with Crippen LogP contribution in [0.2, 0.25) is 5.02 Å². The zero-order valence-electron chi connectivity index (χ0n) is 15.3. The van der Waals surface area contributed by atoms with Crippen molar-refractivity contribution in [1.82, 2.24) is 5.32 Å². The maximum absolute atomic E-state index is 12.4. The van der Waals surface area contributed by atoms with E-state index in [1.807, 2.05) is 37.3 Å². The molecule has 1 aliphatic rings. The van der Waals surface area contributed by atoms with Gasteiger partial charge in [0.2, 0.25) is 5.91 Å². The Balaban J connectivity index is 1.69. The van der Waals surface area contributed by atoms with Gasteiger partial charge in [-0.1, -0.05) is 17.7 Å². The van der Waals surface area contributed by atoms with Gasteiger partial charge in [0, 0.05) is 23.1 Å². The van der Waals surface area contributed by atoms with Crippen LogP contribution in [0.5, 0.6) is 17.2 Å². The quantitative estimate of drug-likeness (QED) is 0.746. The second-order valence-corrected chi connectivity index (χ2v) is 6.49. The van der Waals surface area contributed by atoms with Crippen LogP contribution in [0.25, 0.3) is 6.08 Å². The molecule has 0 bridgehead atoms. The van der Waals surface area contributed by atoms with Gasteiger partial charge in [-0.05, 0) is 48.9 Å². The van der Waals surface area contributed by atoms with E-state index in [1.54, 1.807) is 19.3 Å². The number of hydrogen-bond acceptors (Lipinski definition) is 4. The first-order valence-corrected chi connectivity index (χ1v) is 9.20. The third-order valence-electron chi connectivity index (χ3n) is 4.24. The molecule has 0 aromatic heterocycles. The average molecular weight is 388 g/mol. The van der Waals surface area contributed by atoms with Gasteiger partial charge in [-0.15, -0.1) is 0 Å². The largest absolute Gasteiger partial charge is 0.493 e. The summed E-state index contributed by atoms with van der Waals surface area (Å²) in [4.78, 5) is 12.4. The Morgan fingerprint density at radius 1 is 1.30 bits per heavy atom. The number of hydrogen-bond donors (Lipinski definition) is 1. The number of ether oxygens (including phenoxy) is 3. The fourth-order valence-corrected chi connectivity index (χ4v) is 3.15. The lowest BCUT2D eigenvalue weighted by Crippen LogP contribution is -2.30. The molecule has 1 N–H and O–H groups in total. The number of benzene rings is 2. The number of rotatable bonds is 6. The van der Waals surface area contributed by atoms with E-state index >= 15 is 0 Å². The number of nitrogens with one attached hydrogen (secondary N) is 1. The van der Waals surface area contributed by atoms with E-state index in [2.05, 4.69) is 5.32 Å². The Morgan fingerprint density at radius 2 is 2.15 bits per heavy atom. The van der Waals surface area contributed by atoms with Gasteiger partial charge in [0.1, 0.15) is 5.75 Å². The van der Waals surface area contributed by atoms with Crippen LogP contribution in [0, 0.1) is 0 Å². The Hall–Kier alpha value is -2.66. The summed E-state index contributed by atoms with van der Waals surface area (Å²) >= 11 is 6.08. The van der Waals surface area contributed by atoms with Crippen molar-refractivity contribution in [2.45, 2.75) is 19.4 Å². The summed E-state index contributed by atoms with van der Waals surface area (Å²) in [5, 5.41) is 3.63. The molecule has 2 aromatic rings. The summed E-state index contributed by atoms with van der Waals surface area (Å²) in [5.74, 6) is 1.89. The first-order chi connectivity index (χ1) is 13.1. The molecule has 1 amide bonds. The van der Waals surface area contributed by atoms with E-state index in [0.717, 1.165) is 16.9 Å². The predicted octanol–water partition coefficient (Wildman–Crippen LogP) is 4.40. The Labute approximate surface area is 163 Å².